The molecule has 3 N–H and O–H groups in total. The van der Waals surface area contributed by atoms with Crippen molar-refractivity contribution in [2.75, 3.05) is 13.2 Å². The van der Waals surface area contributed by atoms with E-state index in [1.54, 1.807) is 0 Å². The number of hydrogen-bond donors (Lipinski definition) is 3. The molecule has 0 aliphatic rings. The van der Waals surface area contributed by atoms with Crippen LogP contribution >= 0.6 is 0 Å². The maximum atomic E-state index is 12.4. The van der Waals surface area contributed by atoms with E-state index in [1.165, 1.54) is 276 Å². The van der Waals surface area contributed by atoms with Crippen molar-refractivity contribution < 1.29 is 24.5 Å². The molecule has 66 heavy (non-hydrogen) atoms. The van der Waals surface area contributed by atoms with Gasteiger partial charge in [-0.3, -0.25) is 9.59 Å². The van der Waals surface area contributed by atoms with Crippen LogP contribution in [0.25, 0.3) is 0 Å². The van der Waals surface area contributed by atoms with E-state index in [4.69, 9.17) is 4.74 Å². The number of ether oxygens (including phenoxy) is 1. The molecule has 394 valence electrons. The molecule has 0 aliphatic heterocycles. The van der Waals surface area contributed by atoms with Crippen molar-refractivity contribution in [3.05, 3.63) is 0 Å². The van der Waals surface area contributed by atoms with Crippen molar-refractivity contribution in [3.8, 4) is 0 Å². The van der Waals surface area contributed by atoms with Gasteiger partial charge in [-0.25, -0.2) is 0 Å². The topological polar surface area (TPSA) is 95.9 Å². The van der Waals surface area contributed by atoms with E-state index in [0.717, 1.165) is 38.5 Å². The molecule has 0 saturated carbocycles. The second-order valence-corrected chi connectivity index (χ2v) is 21.1. The zero-order valence-corrected chi connectivity index (χ0v) is 45.0. The Kier molecular flexibility index (Phi) is 55.5. The highest BCUT2D eigenvalue weighted by atomic mass is 16.5. The Morgan fingerprint density at radius 1 is 0.364 bits per heavy atom. The van der Waals surface area contributed by atoms with Crippen molar-refractivity contribution >= 4 is 11.9 Å². The lowest BCUT2D eigenvalue weighted by Gasteiger charge is -2.22. The SMILES string of the molecule is CCCCCCCCCCCCCC(=O)OCCCCCCCCCCCCCCCCCCCCCCCCCCCCCC(=O)NC(CO)C(O)CCCCCCCCCCCCC. The molecular weight excluding hydrogens is 815 g/mol. The highest BCUT2D eigenvalue weighted by molar-refractivity contribution is 5.76. The number of unbranched alkanes of at least 4 members (excludes halogenated alkanes) is 46. The summed E-state index contributed by atoms with van der Waals surface area (Å²) in [5.74, 6) is -0.0129. The highest BCUT2D eigenvalue weighted by Crippen LogP contribution is 2.18. The van der Waals surface area contributed by atoms with Gasteiger partial charge in [0.15, 0.2) is 0 Å². The molecule has 2 atom stereocenters. The average molecular weight is 935 g/mol. The van der Waals surface area contributed by atoms with Gasteiger partial charge in [-0.2, -0.15) is 0 Å². The monoisotopic (exact) mass is 934 g/mol. The molecule has 0 aliphatic carbocycles. The Labute approximate surface area is 413 Å². The Hall–Kier alpha value is -1.14. The van der Waals surface area contributed by atoms with Gasteiger partial charge in [-0.05, 0) is 25.7 Å². The van der Waals surface area contributed by atoms with Crippen LogP contribution in [-0.4, -0.2) is 47.4 Å². The minimum absolute atomic E-state index is 0.0184. The number of aliphatic hydroxyl groups is 2. The van der Waals surface area contributed by atoms with Gasteiger partial charge in [-0.1, -0.05) is 309 Å². The van der Waals surface area contributed by atoms with E-state index in [0.29, 0.717) is 25.9 Å². The highest BCUT2D eigenvalue weighted by Gasteiger charge is 2.20. The summed E-state index contributed by atoms with van der Waals surface area (Å²) in [6, 6.07) is -0.536. The van der Waals surface area contributed by atoms with Crippen molar-refractivity contribution in [2.45, 2.75) is 360 Å². The lowest BCUT2D eigenvalue weighted by Crippen LogP contribution is -2.45. The van der Waals surface area contributed by atoms with Gasteiger partial charge < -0.3 is 20.3 Å². The smallest absolute Gasteiger partial charge is 0.305 e. The first kappa shape index (κ1) is 64.9. The molecule has 0 aromatic heterocycles. The van der Waals surface area contributed by atoms with Gasteiger partial charge in [0.2, 0.25) is 5.91 Å². The zero-order chi connectivity index (χ0) is 47.9. The van der Waals surface area contributed by atoms with Crippen molar-refractivity contribution in [2.24, 2.45) is 0 Å². The minimum Gasteiger partial charge on any atom is -0.466 e. The number of aliphatic hydroxyl groups excluding tert-OH is 2. The lowest BCUT2D eigenvalue weighted by atomic mass is 10.0. The van der Waals surface area contributed by atoms with E-state index < -0.39 is 12.1 Å². The van der Waals surface area contributed by atoms with E-state index in [2.05, 4.69) is 19.2 Å². The van der Waals surface area contributed by atoms with Gasteiger partial charge in [-0.15, -0.1) is 0 Å². The van der Waals surface area contributed by atoms with Crippen molar-refractivity contribution in [1.29, 1.82) is 0 Å². The number of nitrogens with one attached hydrogen (secondary N) is 1. The number of rotatable bonds is 57. The van der Waals surface area contributed by atoms with Crippen LogP contribution < -0.4 is 5.32 Å². The van der Waals surface area contributed by atoms with E-state index >= 15 is 0 Å². The normalized spacial score (nSPS) is 12.5. The van der Waals surface area contributed by atoms with Crippen LogP contribution in [0.2, 0.25) is 0 Å². The Balaban J connectivity index is 3.31. The number of carbonyl (C=O) groups is 2. The fourth-order valence-electron chi connectivity index (χ4n) is 9.76. The first-order valence-electron chi connectivity index (χ1n) is 30.3. The molecule has 6 nitrogen and oxygen atoms in total. The number of esters is 1. The van der Waals surface area contributed by atoms with E-state index in [1.807, 2.05) is 0 Å². The Morgan fingerprint density at radius 2 is 0.621 bits per heavy atom. The van der Waals surface area contributed by atoms with Gasteiger partial charge in [0.1, 0.15) is 0 Å². The number of hydrogen-bond acceptors (Lipinski definition) is 5. The van der Waals surface area contributed by atoms with Crippen molar-refractivity contribution in [1.82, 2.24) is 5.32 Å². The van der Waals surface area contributed by atoms with Crippen LogP contribution in [0.3, 0.4) is 0 Å². The molecule has 0 spiro atoms. The molecular formula is C60H119NO5. The Bertz CT molecular complexity index is 944. The third-order valence-corrected chi connectivity index (χ3v) is 14.4. The standard InChI is InChI=1S/C60H119NO5/c1-3-5-7-9-11-13-32-36-40-44-48-52-58(63)57(56-62)61-59(64)53-49-45-41-37-34-30-28-26-24-22-20-18-16-15-17-19-21-23-25-27-29-31-35-39-43-47-51-55-66-60(65)54-50-46-42-38-33-14-12-10-8-6-4-2/h57-58,62-63H,3-56H2,1-2H3,(H,61,64). The summed E-state index contributed by atoms with van der Waals surface area (Å²) >= 11 is 0. The summed E-state index contributed by atoms with van der Waals surface area (Å²) < 4.78 is 5.47. The maximum Gasteiger partial charge on any atom is 0.305 e. The summed E-state index contributed by atoms with van der Waals surface area (Å²) in [4.78, 5) is 24.4. The van der Waals surface area contributed by atoms with Gasteiger partial charge in [0.05, 0.1) is 25.4 Å². The summed E-state index contributed by atoms with van der Waals surface area (Å²) in [5.41, 5.74) is 0. The first-order valence-corrected chi connectivity index (χ1v) is 30.3. The fraction of sp³-hybridized carbons (Fsp3) is 0.967. The van der Waals surface area contributed by atoms with E-state index in [9.17, 15) is 19.8 Å². The summed E-state index contributed by atoms with van der Waals surface area (Å²) in [6.45, 7) is 4.96. The fourth-order valence-corrected chi connectivity index (χ4v) is 9.76. The van der Waals surface area contributed by atoms with Crippen LogP contribution in [0, 0.1) is 0 Å². The molecule has 1 amide bonds. The van der Waals surface area contributed by atoms with Gasteiger partial charge >= 0.3 is 5.97 Å². The van der Waals surface area contributed by atoms with Crippen LogP contribution in [0.1, 0.15) is 348 Å². The summed E-state index contributed by atoms with van der Waals surface area (Å²) in [5, 5.41) is 23.2. The predicted octanol–water partition coefficient (Wildman–Crippen LogP) is 18.7. The molecule has 0 radical (unpaired) electrons. The van der Waals surface area contributed by atoms with Gasteiger partial charge in [0.25, 0.3) is 0 Å². The van der Waals surface area contributed by atoms with Crippen LogP contribution in [0.5, 0.6) is 0 Å². The van der Waals surface area contributed by atoms with Crippen molar-refractivity contribution in [3.63, 3.8) is 0 Å². The molecule has 0 heterocycles. The molecule has 0 aromatic rings. The molecule has 6 heteroatoms. The maximum absolute atomic E-state index is 12.4. The largest absolute Gasteiger partial charge is 0.466 e. The lowest BCUT2D eigenvalue weighted by molar-refractivity contribution is -0.143. The minimum atomic E-state index is -0.659. The third-order valence-electron chi connectivity index (χ3n) is 14.4. The molecule has 0 aromatic carbocycles. The zero-order valence-electron chi connectivity index (χ0n) is 45.0. The third kappa shape index (κ3) is 52.2. The van der Waals surface area contributed by atoms with Crippen LogP contribution in [0.15, 0.2) is 0 Å². The van der Waals surface area contributed by atoms with Crippen LogP contribution in [-0.2, 0) is 14.3 Å². The van der Waals surface area contributed by atoms with Gasteiger partial charge in [0, 0.05) is 12.8 Å². The Morgan fingerprint density at radius 3 is 0.924 bits per heavy atom. The number of carbonyl (C=O) groups excluding carboxylic acids is 2. The average Bonchev–Trinajstić information content (AvgIpc) is 3.32. The predicted molar refractivity (Wildman–Crippen MR) is 287 cm³/mol. The quantitative estimate of drug-likeness (QED) is 0.0417. The second-order valence-electron chi connectivity index (χ2n) is 21.1. The first-order chi connectivity index (χ1) is 32.5. The summed E-state index contributed by atoms with van der Waals surface area (Å²) in [7, 11) is 0. The van der Waals surface area contributed by atoms with Crippen LogP contribution in [0.4, 0.5) is 0 Å². The molecule has 0 fully saturated rings. The summed E-state index contributed by atoms with van der Waals surface area (Å²) in [6.07, 6.45) is 65.5. The number of amides is 1. The molecule has 0 bridgehead atoms. The van der Waals surface area contributed by atoms with E-state index in [-0.39, 0.29) is 18.5 Å². The molecule has 0 saturated heterocycles. The molecule has 0 rings (SSSR count). The molecule has 2 unspecified atom stereocenters. The second kappa shape index (κ2) is 56.4.